The standard InChI is InChI=1S/C14H21Br3O6/c1-8(15)11(18)21-5-14(4,6-22-12(19)9(2)16)7-23-13(20)10(3)17/h8-10H,5-7H2,1-4H3. The fourth-order valence-electron chi connectivity index (χ4n) is 1.21. The molecule has 3 atom stereocenters. The van der Waals surface area contributed by atoms with Gasteiger partial charge in [0.15, 0.2) is 0 Å². The fraction of sp³-hybridized carbons (Fsp3) is 0.786. The van der Waals surface area contributed by atoms with Gasteiger partial charge in [0.05, 0.1) is 5.41 Å². The molecule has 0 saturated heterocycles. The smallest absolute Gasteiger partial charge is 0.319 e. The predicted molar refractivity (Wildman–Crippen MR) is 96.2 cm³/mol. The monoisotopic (exact) mass is 522 g/mol. The van der Waals surface area contributed by atoms with Gasteiger partial charge in [0, 0.05) is 0 Å². The molecule has 0 heterocycles. The van der Waals surface area contributed by atoms with Crippen molar-refractivity contribution in [3.63, 3.8) is 0 Å². The molecule has 0 aromatic carbocycles. The third-order valence-corrected chi connectivity index (χ3v) is 3.78. The maximum absolute atomic E-state index is 11.6. The van der Waals surface area contributed by atoms with Gasteiger partial charge in [-0.3, -0.25) is 14.4 Å². The Morgan fingerprint density at radius 1 is 0.739 bits per heavy atom. The number of halogens is 3. The van der Waals surface area contributed by atoms with Crippen molar-refractivity contribution in [3.05, 3.63) is 0 Å². The van der Waals surface area contributed by atoms with Crippen LogP contribution in [0.15, 0.2) is 0 Å². The van der Waals surface area contributed by atoms with E-state index in [-0.39, 0.29) is 19.8 Å². The van der Waals surface area contributed by atoms with Gasteiger partial charge in [-0.05, 0) is 27.7 Å². The molecule has 0 N–H and O–H groups in total. The lowest BCUT2D eigenvalue weighted by Gasteiger charge is -2.28. The molecule has 134 valence electrons. The second-order valence-electron chi connectivity index (χ2n) is 5.48. The van der Waals surface area contributed by atoms with Gasteiger partial charge < -0.3 is 14.2 Å². The number of ether oxygens (including phenoxy) is 3. The van der Waals surface area contributed by atoms with Crippen molar-refractivity contribution in [2.75, 3.05) is 19.8 Å². The first-order chi connectivity index (χ1) is 10.5. The minimum atomic E-state index is -0.841. The van der Waals surface area contributed by atoms with Crippen LogP contribution >= 0.6 is 47.8 Å². The Hall–Kier alpha value is -0.150. The maximum Gasteiger partial charge on any atom is 0.319 e. The van der Waals surface area contributed by atoms with E-state index in [1.165, 1.54) is 0 Å². The number of carbonyl (C=O) groups excluding carboxylic acids is 3. The van der Waals surface area contributed by atoms with Crippen molar-refractivity contribution in [2.24, 2.45) is 5.41 Å². The summed E-state index contributed by atoms with van der Waals surface area (Å²) in [5.41, 5.74) is -0.841. The largest absolute Gasteiger partial charge is 0.464 e. The number of hydrogen-bond acceptors (Lipinski definition) is 6. The number of rotatable bonds is 9. The third kappa shape index (κ3) is 9.66. The van der Waals surface area contributed by atoms with E-state index in [1.54, 1.807) is 27.7 Å². The van der Waals surface area contributed by atoms with Crippen LogP contribution in [0.5, 0.6) is 0 Å². The van der Waals surface area contributed by atoms with Crippen molar-refractivity contribution >= 4 is 65.7 Å². The topological polar surface area (TPSA) is 78.9 Å². The molecule has 0 fully saturated rings. The van der Waals surface area contributed by atoms with E-state index in [2.05, 4.69) is 47.8 Å². The van der Waals surface area contributed by atoms with E-state index in [0.717, 1.165) is 0 Å². The van der Waals surface area contributed by atoms with Gasteiger partial charge in [0.25, 0.3) is 0 Å². The van der Waals surface area contributed by atoms with Gasteiger partial charge in [-0.25, -0.2) is 0 Å². The highest BCUT2D eigenvalue weighted by Crippen LogP contribution is 2.21. The first-order valence-corrected chi connectivity index (χ1v) is 9.65. The van der Waals surface area contributed by atoms with Crippen LogP contribution < -0.4 is 0 Å². The lowest BCUT2D eigenvalue weighted by atomic mass is 9.94. The molecule has 6 nitrogen and oxygen atoms in total. The summed E-state index contributed by atoms with van der Waals surface area (Å²) in [4.78, 5) is 33.4. The van der Waals surface area contributed by atoms with Gasteiger partial charge in [-0.2, -0.15) is 0 Å². The number of alkyl halides is 3. The van der Waals surface area contributed by atoms with Crippen LogP contribution in [0.25, 0.3) is 0 Å². The molecule has 0 aromatic heterocycles. The van der Waals surface area contributed by atoms with E-state index in [0.29, 0.717) is 0 Å². The molecule has 0 rings (SSSR count). The molecule has 0 bridgehead atoms. The Bertz CT molecular complexity index is 363. The summed E-state index contributed by atoms with van der Waals surface area (Å²) in [6.07, 6.45) is 0. The molecular formula is C14H21Br3O6. The van der Waals surface area contributed by atoms with Crippen LogP contribution in [0.4, 0.5) is 0 Å². The van der Waals surface area contributed by atoms with Gasteiger partial charge in [0.1, 0.15) is 34.3 Å². The summed E-state index contributed by atoms with van der Waals surface area (Å²) in [6.45, 7) is 6.48. The summed E-state index contributed by atoms with van der Waals surface area (Å²) in [5, 5.41) is 0. The van der Waals surface area contributed by atoms with Crippen molar-refractivity contribution in [1.82, 2.24) is 0 Å². The molecular weight excluding hydrogens is 504 g/mol. The van der Waals surface area contributed by atoms with Crippen molar-refractivity contribution in [3.8, 4) is 0 Å². The summed E-state index contributed by atoms with van der Waals surface area (Å²) in [7, 11) is 0. The molecule has 23 heavy (non-hydrogen) atoms. The van der Waals surface area contributed by atoms with Gasteiger partial charge >= 0.3 is 17.9 Å². The first-order valence-electron chi connectivity index (χ1n) is 6.90. The normalized spacial score (nSPS) is 17.3. The Balaban J connectivity index is 4.78. The van der Waals surface area contributed by atoms with Crippen molar-refractivity contribution < 1.29 is 28.6 Å². The average Bonchev–Trinajstić information content (AvgIpc) is 2.47. The van der Waals surface area contributed by atoms with Crippen LogP contribution in [0.3, 0.4) is 0 Å². The Morgan fingerprint density at radius 2 is 0.957 bits per heavy atom. The van der Waals surface area contributed by atoms with Crippen LogP contribution in [-0.4, -0.2) is 52.2 Å². The number of hydrogen-bond donors (Lipinski definition) is 0. The zero-order valence-electron chi connectivity index (χ0n) is 13.4. The Labute approximate surface area is 161 Å². The van der Waals surface area contributed by atoms with Crippen LogP contribution in [0.2, 0.25) is 0 Å². The zero-order valence-corrected chi connectivity index (χ0v) is 18.2. The summed E-state index contributed by atoms with van der Waals surface area (Å²) in [6, 6.07) is 0. The third-order valence-electron chi connectivity index (χ3n) is 2.66. The summed E-state index contributed by atoms with van der Waals surface area (Å²) in [5.74, 6) is -1.34. The number of esters is 3. The van der Waals surface area contributed by atoms with Gasteiger partial charge in [-0.1, -0.05) is 47.8 Å². The quantitative estimate of drug-likeness (QED) is 0.262. The lowest BCUT2D eigenvalue weighted by molar-refractivity contribution is -0.159. The molecule has 9 heteroatoms. The highest BCUT2D eigenvalue weighted by atomic mass is 79.9. The molecule has 0 amide bonds. The maximum atomic E-state index is 11.6. The van der Waals surface area contributed by atoms with Crippen LogP contribution in [0, 0.1) is 5.41 Å². The zero-order chi connectivity index (χ0) is 18.2. The predicted octanol–water partition coefficient (Wildman–Crippen LogP) is 2.97. The SMILES string of the molecule is CC(Br)C(=O)OCC(C)(COC(=O)C(C)Br)COC(=O)C(C)Br. The molecule has 0 radical (unpaired) electrons. The molecule has 0 aliphatic carbocycles. The second kappa shape index (κ2) is 10.7. The van der Waals surface area contributed by atoms with E-state index < -0.39 is 37.8 Å². The lowest BCUT2D eigenvalue weighted by Crippen LogP contribution is -2.38. The average molecular weight is 525 g/mol. The van der Waals surface area contributed by atoms with E-state index in [1.807, 2.05) is 0 Å². The van der Waals surface area contributed by atoms with Crippen molar-refractivity contribution in [1.29, 1.82) is 0 Å². The van der Waals surface area contributed by atoms with E-state index in [9.17, 15) is 14.4 Å². The number of carbonyl (C=O) groups is 3. The summed E-state index contributed by atoms with van der Waals surface area (Å²) >= 11 is 9.34. The van der Waals surface area contributed by atoms with E-state index >= 15 is 0 Å². The van der Waals surface area contributed by atoms with Gasteiger partial charge in [0.2, 0.25) is 0 Å². The Morgan fingerprint density at radius 3 is 1.13 bits per heavy atom. The summed E-state index contributed by atoms with van der Waals surface area (Å²) < 4.78 is 15.5. The van der Waals surface area contributed by atoms with Crippen LogP contribution in [0.1, 0.15) is 27.7 Å². The van der Waals surface area contributed by atoms with Crippen molar-refractivity contribution in [2.45, 2.75) is 42.2 Å². The highest BCUT2D eigenvalue weighted by Gasteiger charge is 2.32. The van der Waals surface area contributed by atoms with Crippen LogP contribution in [-0.2, 0) is 28.6 Å². The minimum Gasteiger partial charge on any atom is -0.464 e. The Kier molecular flexibility index (Phi) is 10.6. The first kappa shape index (κ1) is 22.9. The minimum absolute atomic E-state index is 0.0460. The molecule has 0 saturated carbocycles. The molecule has 0 aliphatic rings. The molecule has 3 unspecified atom stereocenters. The highest BCUT2D eigenvalue weighted by molar-refractivity contribution is 9.10. The van der Waals surface area contributed by atoms with Gasteiger partial charge in [-0.15, -0.1) is 0 Å². The van der Waals surface area contributed by atoms with E-state index in [4.69, 9.17) is 14.2 Å². The fourth-order valence-corrected chi connectivity index (χ4v) is 1.60. The molecule has 0 spiro atoms. The molecule has 0 aliphatic heterocycles. The second-order valence-corrected chi connectivity index (χ2v) is 9.60. The molecule has 0 aromatic rings.